The molecule has 8 atom stereocenters. The zero-order valence-electron chi connectivity index (χ0n) is 49.1. The molecule has 6 rings (SSSR count). The summed E-state index contributed by atoms with van der Waals surface area (Å²) < 4.78 is 34.4. The fourth-order valence-corrected chi connectivity index (χ4v) is 9.76. The minimum atomic E-state index is -1.41. The number of methoxy groups -OCH3 is 2. The Morgan fingerprint density at radius 1 is 0.561 bits per heavy atom. The van der Waals surface area contributed by atoms with Gasteiger partial charge >= 0.3 is 6.16 Å². The summed E-state index contributed by atoms with van der Waals surface area (Å²) in [5.41, 5.74) is -1.09. The van der Waals surface area contributed by atoms with Crippen LogP contribution in [0.3, 0.4) is 0 Å². The summed E-state index contributed by atoms with van der Waals surface area (Å²) in [6, 6.07) is 9.45. The maximum absolute atomic E-state index is 14.0. The number of carbonyl (C=O) groups is 9. The van der Waals surface area contributed by atoms with E-state index in [4.69, 9.17) is 28.4 Å². The van der Waals surface area contributed by atoms with Gasteiger partial charge in [0.05, 0.1) is 38.5 Å². The molecule has 82 heavy (non-hydrogen) atoms. The molecule has 2 aliphatic rings. The number of aromatic nitrogens is 2. The number of Topliss-reactive ketones (excluding diaryl/α,β-unsaturated/α-hetero) is 2. The van der Waals surface area contributed by atoms with Crippen molar-refractivity contribution in [3.05, 3.63) is 59.9 Å². The molecule has 2 aromatic heterocycles. The third-order valence-corrected chi connectivity index (χ3v) is 15.2. The summed E-state index contributed by atoms with van der Waals surface area (Å²) >= 11 is 0. The van der Waals surface area contributed by atoms with Crippen molar-refractivity contribution < 1.29 is 71.6 Å². The molecule has 2 aliphatic heterocycles. The maximum atomic E-state index is 14.0. The Kier molecular flexibility index (Phi) is 21.7. The number of amides is 6. The number of fused-ring (bicyclic) bond motifs is 2. The molecule has 0 saturated carbocycles. The third kappa shape index (κ3) is 16.8. The predicted octanol–water partition coefficient (Wildman–Crippen LogP) is 5.34. The quantitative estimate of drug-likeness (QED) is 0.0306. The molecule has 4 aromatic rings. The first-order valence-corrected chi connectivity index (χ1v) is 28.0. The summed E-state index contributed by atoms with van der Waals surface area (Å²) in [7, 11) is 3.05. The van der Waals surface area contributed by atoms with E-state index in [2.05, 4.69) is 41.9 Å². The largest absolute Gasteiger partial charge is 0.509 e. The van der Waals surface area contributed by atoms with Gasteiger partial charge in [-0.15, -0.1) is 0 Å². The van der Waals surface area contributed by atoms with Crippen LogP contribution in [0.1, 0.15) is 129 Å². The lowest BCUT2D eigenvalue weighted by Crippen LogP contribution is -2.53. The van der Waals surface area contributed by atoms with Gasteiger partial charge in [-0.05, 0) is 128 Å². The van der Waals surface area contributed by atoms with Gasteiger partial charge in [-0.1, -0.05) is 39.8 Å². The Bertz CT molecular complexity index is 2770. The molecule has 448 valence electrons. The molecule has 2 saturated heterocycles. The highest BCUT2D eigenvalue weighted by Crippen LogP contribution is 2.29. The zero-order chi connectivity index (χ0) is 60.2. The second kappa shape index (κ2) is 28.0. The zero-order valence-corrected chi connectivity index (χ0v) is 49.1. The summed E-state index contributed by atoms with van der Waals surface area (Å²) in [5, 5.41) is 18.1. The fraction of sp³-hybridized carbons (Fsp3) is 0.576. The average molecular weight is 1140 g/mol. The molecule has 2 aromatic carbocycles. The van der Waals surface area contributed by atoms with E-state index in [9.17, 15) is 43.2 Å². The van der Waals surface area contributed by atoms with Gasteiger partial charge in [-0.25, -0.2) is 4.79 Å². The van der Waals surface area contributed by atoms with E-state index in [1.165, 1.54) is 14.2 Å². The van der Waals surface area contributed by atoms with Crippen LogP contribution in [-0.2, 0) is 47.7 Å². The van der Waals surface area contributed by atoms with Gasteiger partial charge in [-0.3, -0.25) is 38.4 Å². The number of H-pyrrole nitrogens is 2. The van der Waals surface area contributed by atoms with E-state index in [-0.39, 0.29) is 60.7 Å². The van der Waals surface area contributed by atoms with E-state index in [0.717, 1.165) is 0 Å². The number of aromatic amines is 2. The fourth-order valence-electron chi connectivity index (χ4n) is 9.76. The SMILES string of the molecule is COc1cccc2[nH]c(C(=O)N[C@@H](CC(C)C)C(=O)N[C@@H](C[C@@H]3CCNC3=O)C(=O)CO[C@H](C)C(C)(C)OC(=O)OC(C)(C)[C@@H](C)OCC(=O)[C@H](C[C@@H]3CCNC3=O)NC(=O)[C@H](CC(C)C)NC(=O)c3cc4c(OC)cccc4[nH]3)cc12. The monoisotopic (exact) mass is 1140 g/mol. The summed E-state index contributed by atoms with van der Waals surface area (Å²) in [5.74, 6) is -4.09. The number of hydrogen-bond acceptors (Lipinski definition) is 15. The third-order valence-electron chi connectivity index (χ3n) is 15.2. The van der Waals surface area contributed by atoms with Crippen LogP contribution >= 0.6 is 0 Å². The number of benzene rings is 2. The first kappa shape index (κ1) is 63.6. The molecule has 23 heteroatoms. The van der Waals surface area contributed by atoms with Crippen molar-refractivity contribution in [1.29, 1.82) is 0 Å². The number of nitrogens with one attached hydrogen (secondary N) is 8. The van der Waals surface area contributed by atoms with E-state index in [1.54, 1.807) is 90.1 Å². The second-order valence-corrected chi connectivity index (χ2v) is 23.2. The molecule has 8 N–H and O–H groups in total. The average Bonchev–Trinajstić information content (AvgIpc) is 4.29. The normalized spacial score (nSPS) is 17.7. The Hall–Kier alpha value is -7.53. The Morgan fingerprint density at radius 2 is 0.939 bits per heavy atom. The maximum Gasteiger partial charge on any atom is 0.509 e. The predicted molar refractivity (Wildman–Crippen MR) is 303 cm³/mol. The van der Waals surface area contributed by atoms with Crippen molar-refractivity contribution in [3.8, 4) is 11.5 Å². The van der Waals surface area contributed by atoms with Crippen molar-refractivity contribution >= 4 is 75.0 Å². The molecule has 0 bridgehead atoms. The molecule has 0 unspecified atom stereocenters. The van der Waals surface area contributed by atoms with Crippen LogP contribution in [-0.4, -0.2) is 151 Å². The van der Waals surface area contributed by atoms with Gasteiger partial charge in [-0.2, -0.15) is 0 Å². The molecule has 23 nitrogen and oxygen atoms in total. The van der Waals surface area contributed by atoms with Crippen molar-refractivity contribution in [3.63, 3.8) is 0 Å². The summed E-state index contributed by atoms with van der Waals surface area (Å²) in [6.45, 7) is 16.6. The van der Waals surface area contributed by atoms with Crippen molar-refractivity contribution in [2.45, 2.75) is 155 Å². The highest BCUT2D eigenvalue weighted by molar-refractivity contribution is 6.03. The Labute approximate surface area is 477 Å². The van der Waals surface area contributed by atoms with Gasteiger partial charge in [0.2, 0.25) is 23.6 Å². The van der Waals surface area contributed by atoms with Gasteiger partial charge < -0.3 is 70.3 Å². The number of ketones is 2. The van der Waals surface area contributed by atoms with Crippen LogP contribution in [0.25, 0.3) is 21.8 Å². The summed E-state index contributed by atoms with van der Waals surface area (Å²) in [4.78, 5) is 128. The lowest BCUT2D eigenvalue weighted by atomic mass is 9.95. The van der Waals surface area contributed by atoms with Crippen LogP contribution in [0.4, 0.5) is 4.79 Å². The van der Waals surface area contributed by atoms with Crippen molar-refractivity contribution in [1.82, 2.24) is 41.9 Å². The van der Waals surface area contributed by atoms with E-state index < -0.39 is 114 Å². The van der Waals surface area contributed by atoms with E-state index >= 15 is 0 Å². The second-order valence-electron chi connectivity index (χ2n) is 23.2. The topological polar surface area (TPSA) is 313 Å². The van der Waals surface area contributed by atoms with Crippen LogP contribution in [0, 0.1) is 23.7 Å². The van der Waals surface area contributed by atoms with Crippen LogP contribution in [0.5, 0.6) is 11.5 Å². The molecule has 0 aliphatic carbocycles. The standard InChI is InChI=1S/C59H82N8O15/c1-31(2)23-43(66-55(74)45-27-37-39(62-45)15-13-17-49(37)77-11)53(72)64-41(25-35-19-21-60-51(35)70)47(68)29-79-33(5)58(7,8)81-57(76)82-59(9,10)34(6)80-30-48(69)42(26-36-20-22-61-52(36)71)65-54(73)44(24-32(3)4)67-56(75)46-28-38-40(63-46)16-14-18-50(38)78-12/h13-18,27-28,31-36,41-44,62-63H,19-26,29-30H2,1-12H3,(H,60,70)(H,61,71)(H,64,72)(H,65,73)(H,66,74)(H,67,75)/t33-,34-,35+,36+,41+,42+,43+,44+/m1/s1. The number of carbonyl (C=O) groups excluding carboxylic acids is 9. The Balaban J connectivity index is 1.04. The molecular formula is C59H82N8O15. The number of hydrogen-bond donors (Lipinski definition) is 8. The highest BCUT2D eigenvalue weighted by Gasteiger charge is 2.40. The van der Waals surface area contributed by atoms with E-state index in [1.807, 2.05) is 27.7 Å². The molecule has 4 heterocycles. The molecule has 2 fully saturated rings. The van der Waals surface area contributed by atoms with E-state index in [0.29, 0.717) is 59.2 Å². The number of ether oxygens (including phenoxy) is 6. The van der Waals surface area contributed by atoms with Crippen LogP contribution < -0.4 is 41.4 Å². The smallest absolute Gasteiger partial charge is 0.496 e. The molecular weight excluding hydrogens is 1060 g/mol. The molecule has 0 spiro atoms. The minimum absolute atomic E-state index is 0.0270. The van der Waals surface area contributed by atoms with Crippen LogP contribution in [0.2, 0.25) is 0 Å². The van der Waals surface area contributed by atoms with Crippen molar-refractivity contribution in [2.75, 3.05) is 40.5 Å². The highest BCUT2D eigenvalue weighted by atomic mass is 16.8. The lowest BCUT2D eigenvalue weighted by Gasteiger charge is -2.35. The van der Waals surface area contributed by atoms with Crippen molar-refractivity contribution in [2.24, 2.45) is 23.7 Å². The summed E-state index contributed by atoms with van der Waals surface area (Å²) in [6.07, 6.45) is -1.70. The lowest BCUT2D eigenvalue weighted by molar-refractivity contribution is -0.151. The molecule has 0 radical (unpaired) electrons. The van der Waals surface area contributed by atoms with Gasteiger partial charge in [0.25, 0.3) is 11.8 Å². The van der Waals surface area contributed by atoms with Gasteiger partial charge in [0.15, 0.2) is 11.6 Å². The molecule has 6 amide bonds. The number of rotatable bonds is 30. The first-order chi connectivity index (χ1) is 38.7. The Morgan fingerprint density at radius 3 is 1.27 bits per heavy atom. The van der Waals surface area contributed by atoms with Crippen LogP contribution in [0.15, 0.2) is 48.5 Å². The van der Waals surface area contributed by atoms with Gasteiger partial charge in [0.1, 0.15) is 59.4 Å². The first-order valence-electron chi connectivity index (χ1n) is 28.0. The van der Waals surface area contributed by atoms with Gasteiger partial charge in [0, 0.05) is 46.7 Å². The minimum Gasteiger partial charge on any atom is -0.496 e.